The molecule has 0 heterocycles. The lowest BCUT2D eigenvalue weighted by Crippen LogP contribution is -2.48. The number of nitrogens with one attached hydrogen (secondary N) is 1. The van der Waals surface area contributed by atoms with Crippen LogP contribution in [0.25, 0.3) is 0 Å². The smallest absolute Gasteiger partial charge is 0.307 e. The topological polar surface area (TPSA) is 66.4 Å². The molecule has 4 aliphatic rings. The molecule has 2 bridgehead atoms. The summed E-state index contributed by atoms with van der Waals surface area (Å²) in [7, 11) is 0. The number of carboxylic acids is 1. The maximum atomic E-state index is 12.9. The number of carbonyl (C=O) groups is 2. The summed E-state index contributed by atoms with van der Waals surface area (Å²) in [5, 5.41) is 12.7. The summed E-state index contributed by atoms with van der Waals surface area (Å²) >= 11 is 0. The van der Waals surface area contributed by atoms with E-state index in [2.05, 4.69) is 11.4 Å². The molecule has 2 saturated carbocycles. The zero-order valence-corrected chi connectivity index (χ0v) is 13.3. The molecule has 5 rings (SSSR count). The molecule has 0 unspecified atom stereocenters. The van der Waals surface area contributed by atoms with Crippen LogP contribution in [0.2, 0.25) is 0 Å². The fourth-order valence-corrected chi connectivity index (χ4v) is 4.79. The van der Waals surface area contributed by atoms with Crippen LogP contribution in [0.15, 0.2) is 30.4 Å². The van der Waals surface area contributed by atoms with Crippen LogP contribution in [0, 0.1) is 49.4 Å². The summed E-state index contributed by atoms with van der Waals surface area (Å²) in [6.07, 6.45) is 5.20. The third kappa shape index (κ3) is 2.12. The van der Waals surface area contributed by atoms with Gasteiger partial charge in [-0.05, 0) is 55.1 Å². The number of aryl methyl sites for hydroxylation is 2. The second-order valence-electron chi connectivity index (χ2n) is 7.25. The highest BCUT2D eigenvalue weighted by Crippen LogP contribution is 2.63. The maximum absolute atomic E-state index is 12.9. The molecule has 6 atom stereocenters. The molecule has 23 heavy (non-hydrogen) atoms. The zero-order valence-electron chi connectivity index (χ0n) is 13.3. The number of hydrogen-bond donors (Lipinski definition) is 2. The van der Waals surface area contributed by atoms with Gasteiger partial charge in [-0.1, -0.05) is 30.4 Å². The van der Waals surface area contributed by atoms with Gasteiger partial charge in [0.15, 0.2) is 0 Å². The Morgan fingerprint density at radius 1 is 1.04 bits per heavy atom. The van der Waals surface area contributed by atoms with Crippen molar-refractivity contribution in [2.24, 2.45) is 35.5 Å². The van der Waals surface area contributed by atoms with Crippen molar-refractivity contribution in [3.8, 4) is 0 Å². The minimum Gasteiger partial charge on any atom is -0.481 e. The molecular weight excluding hydrogens is 290 g/mol. The van der Waals surface area contributed by atoms with Gasteiger partial charge < -0.3 is 10.4 Å². The van der Waals surface area contributed by atoms with Crippen molar-refractivity contribution in [2.75, 3.05) is 5.32 Å². The van der Waals surface area contributed by atoms with Crippen LogP contribution in [0.5, 0.6) is 0 Å². The van der Waals surface area contributed by atoms with Crippen LogP contribution >= 0.6 is 0 Å². The van der Waals surface area contributed by atoms with Crippen LogP contribution in [-0.4, -0.2) is 17.0 Å². The van der Waals surface area contributed by atoms with Gasteiger partial charge in [0.05, 0.1) is 11.8 Å². The Balaban J connectivity index is 1.65. The molecule has 4 aliphatic carbocycles. The lowest BCUT2D eigenvalue weighted by molar-refractivity contribution is -0.152. The van der Waals surface area contributed by atoms with E-state index in [1.54, 1.807) is 0 Å². The molecule has 0 radical (unpaired) electrons. The number of allylic oxidation sites excluding steroid dienone is 2. The number of hydrogen-bond acceptors (Lipinski definition) is 2. The van der Waals surface area contributed by atoms with E-state index < -0.39 is 17.8 Å². The fraction of sp³-hybridized carbons (Fsp3) is 0.474. The molecule has 0 saturated heterocycles. The zero-order chi connectivity index (χ0) is 16.3. The quantitative estimate of drug-likeness (QED) is 0.843. The summed E-state index contributed by atoms with van der Waals surface area (Å²) in [6, 6.07) is 5.88. The second-order valence-corrected chi connectivity index (χ2v) is 7.25. The van der Waals surface area contributed by atoms with Gasteiger partial charge in [-0.25, -0.2) is 0 Å². The highest BCUT2D eigenvalue weighted by molar-refractivity contribution is 5.97. The molecule has 1 amide bonds. The van der Waals surface area contributed by atoms with Crippen molar-refractivity contribution in [1.82, 2.24) is 0 Å². The number of anilines is 1. The summed E-state index contributed by atoms with van der Waals surface area (Å²) in [5.41, 5.74) is 2.83. The average molecular weight is 311 g/mol. The van der Waals surface area contributed by atoms with E-state index >= 15 is 0 Å². The van der Waals surface area contributed by atoms with Crippen molar-refractivity contribution in [2.45, 2.75) is 20.3 Å². The van der Waals surface area contributed by atoms with Crippen LogP contribution < -0.4 is 5.32 Å². The minimum absolute atomic E-state index is 0.0243. The van der Waals surface area contributed by atoms with Crippen molar-refractivity contribution in [1.29, 1.82) is 0 Å². The molecule has 120 valence electrons. The predicted molar refractivity (Wildman–Crippen MR) is 86.9 cm³/mol. The molecular formula is C19H21NO3. The van der Waals surface area contributed by atoms with Crippen molar-refractivity contribution < 1.29 is 14.7 Å². The first-order valence-corrected chi connectivity index (χ1v) is 8.27. The van der Waals surface area contributed by atoms with E-state index in [1.165, 1.54) is 0 Å². The summed E-state index contributed by atoms with van der Waals surface area (Å²) in [4.78, 5) is 24.7. The van der Waals surface area contributed by atoms with Gasteiger partial charge in [-0.2, -0.15) is 0 Å². The molecule has 1 aromatic rings. The molecule has 2 fully saturated rings. The second kappa shape index (κ2) is 4.95. The van der Waals surface area contributed by atoms with Gasteiger partial charge in [-0.15, -0.1) is 0 Å². The number of rotatable bonds is 3. The molecule has 4 heteroatoms. The van der Waals surface area contributed by atoms with Crippen LogP contribution in [0.3, 0.4) is 0 Å². The SMILES string of the molecule is Cc1cccc(C)c1NC(=O)[C@H]1[C@@H]2C=C[C@H]([C@H]3C[C@H]23)[C@@H]1C(=O)O. The number of para-hydroxylation sites is 1. The van der Waals surface area contributed by atoms with Gasteiger partial charge in [-0.3, -0.25) is 9.59 Å². The third-order valence-electron chi connectivity index (χ3n) is 5.97. The Morgan fingerprint density at radius 3 is 2.17 bits per heavy atom. The molecule has 0 aliphatic heterocycles. The van der Waals surface area contributed by atoms with Gasteiger partial charge in [0.2, 0.25) is 5.91 Å². The van der Waals surface area contributed by atoms with Gasteiger partial charge in [0, 0.05) is 5.69 Å². The number of benzene rings is 1. The van der Waals surface area contributed by atoms with Crippen LogP contribution in [0.1, 0.15) is 17.5 Å². The molecule has 4 nitrogen and oxygen atoms in total. The summed E-state index contributed by atoms with van der Waals surface area (Å²) in [6.45, 7) is 3.92. The van der Waals surface area contributed by atoms with Gasteiger partial charge in [0.1, 0.15) is 0 Å². The lowest BCUT2D eigenvalue weighted by atomic mass is 9.62. The van der Waals surface area contributed by atoms with E-state index in [9.17, 15) is 14.7 Å². The van der Waals surface area contributed by atoms with E-state index in [0.29, 0.717) is 11.8 Å². The van der Waals surface area contributed by atoms with E-state index in [4.69, 9.17) is 0 Å². The van der Waals surface area contributed by atoms with Crippen LogP contribution in [-0.2, 0) is 9.59 Å². The van der Waals surface area contributed by atoms with Gasteiger partial charge in [0.25, 0.3) is 0 Å². The number of carbonyl (C=O) groups excluding carboxylic acids is 1. The van der Waals surface area contributed by atoms with Crippen LogP contribution in [0.4, 0.5) is 5.69 Å². The Hall–Kier alpha value is -2.10. The van der Waals surface area contributed by atoms with E-state index in [-0.39, 0.29) is 17.7 Å². The fourth-order valence-electron chi connectivity index (χ4n) is 4.79. The first-order chi connectivity index (χ1) is 11.0. The number of carboxylic acid groups (broad SMARTS) is 1. The number of fused-ring (bicyclic) bond motifs is 1. The Labute approximate surface area is 135 Å². The van der Waals surface area contributed by atoms with Crippen molar-refractivity contribution in [3.05, 3.63) is 41.5 Å². The van der Waals surface area contributed by atoms with Crippen molar-refractivity contribution in [3.63, 3.8) is 0 Å². The van der Waals surface area contributed by atoms with Crippen molar-refractivity contribution >= 4 is 17.6 Å². The Bertz CT molecular complexity index is 703. The highest BCUT2D eigenvalue weighted by Gasteiger charge is 2.62. The average Bonchev–Trinajstić information content (AvgIpc) is 3.32. The Kier molecular flexibility index (Phi) is 3.12. The lowest BCUT2D eigenvalue weighted by Gasteiger charge is -2.41. The minimum atomic E-state index is -0.837. The highest BCUT2D eigenvalue weighted by atomic mass is 16.4. The number of amides is 1. The normalized spacial score (nSPS) is 36.4. The predicted octanol–water partition coefficient (Wildman–Crippen LogP) is 3.01. The standard InChI is InChI=1S/C19H21NO3/c1-9-4-3-5-10(2)17(9)20-18(21)15-11-6-7-12(14-8-13(11)14)16(15)19(22)23/h3-7,11-16H,8H2,1-2H3,(H,20,21)(H,22,23)/t11-,12-,13-,14-,15+,16+/m1/s1. The molecule has 0 spiro atoms. The van der Waals surface area contributed by atoms with Gasteiger partial charge >= 0.3 is 5.97 Å². The largest absolute Gasteiger partial charge is 0.481 e. The first-order valence-electron chi connectivity index (χ1n) is 8.27. The molecule has 2 N–H and O–H groups in total. The monoisotopic (exact) mass is 311 g/mol. The van der Waals surface area contributed by atoms with E-state index in [1.807, 2.05) is 38.1 Å². The number of aliphatic carboxylic acids is 1. The maximum Gasteiger partial charge on any atom is 0.307 e. The summed E-state index contributed by atoms with van der Waals surface area (Å²) in [5.74, 6) is -0.921. The molecule has 1 aromatic carbocycles. The third-order valence-corrected chi connectivity index (χ3v) is 5.97. The first kappa shape index (κ1) is 14.5. The molecule has 0 aromatic heterocycles. The summed E-state index contributed by atoms with van der Waals surface area (Å²) < 4.78 is 0. The Morgan fingerprint density at radius 2 is 1.61 bits per heavy atom. The van der Waals surface area contributed by atoms with E-state index in [0.717, 1.165) is 23.2 Å².